The lowest BCUT2D eigenvalue weighted by molar-refractivity contribution is -0.137. The van der Waals surface area contributed by atoms with E-state index in [0.29, 0.717) is 18.1 Å². The van der Waals surface area contributed by atoms with Crippen molar-refractivity contribution in [1.29, 1.82) is 0 Å². The number of carboxylic acid groups (broad SMARTS) is 1. The molecule has 0 aromatic carbocycles. The lowest BCUT2D eigenvalue weighted by atomic mass is 9.93. The highest BCUT2D eigenvalue weighted by Crippen LogP contribution is 2.26. The minimum Gasteiger partial charge on any atom is -0.481 e. The molecular formula is C14H23N3O3S. The quantitative estimate of drug-likeness (QED) is 0.752. The zero-order valence-electron chi connectivity index (χ0n) is 12.9. The largest absolute Gasteiger partial charge is 0.481 e. The number of anilines is 1. The molecule has 0 aliphatic rings. The van der Waals surface area contributed by atoms with E-state index in [4.69, 9.17) is 5.11 Å². The van der Waals surface area contributed by atoms with Crippen LogP contribution >= 0.6 is 11.3 Å². The molecule has 0 saturated heterocycles. The van der Waals surface area contributed by atoms with Crippen molar-refractivity contribution in [2.24, 2.45) is 5.92 Å². The molecule has 0 radical (unpaired) electrons. The standard InChI is InChI=1S/C14H23N3O3S/c1-9(5-6-11(18)19)7-15-12(20)17-13-16-10(8-21-13)14(2,3)4/h8-9H,5-7H2,1-4H3,(H,18,19)(H2,15,16,17,20). The van der Waals surface area contributed by atoms with Crippen molar-refractivity contribution in [3.8, 4) is 0 Å². The van der Waals surface area contributed by atoms with Crippen molar-refractivity contribution in [1.82, 2.24) is 10.3 Å². The number of nitrogens with zero attached hydrogens (tertiary/aromatic N) is 1. The minimum absolute atomic E-state index is 0.0434. The maximum Gasteiger partial charge on any atom is 0.321 e. The van der Waals surface area contributed by atoms with E-state index >= 15 is 0 Å². The molecule has 7 heteroatoms. The van der Waals surface area contributed by atoms with Crippen molar-refractivity contribution in [3.63, 3.8) is 0 Å². The molecule has 0 spiro atoms. The summed E-state index contributed by atoms with van der Waals surface area (Å²) in [5.74, 6) is -0.697. The molecule has 0 aliphatic heterocycles. The summed E-state index contributed by atoms with van der Waals surface area (Å²) in [7, 11) is 0. The fraction of sp³-hybridized carbons (Fsp3) is 0.643. The maximum atomic E-state index is 11.7. The van der Waals surface area contributed by atoms with Crippen LogP contribution in [0.4, 0.5) is 9.93 Å². The lowest BCUT2D eigenvalue weighted by Crippen LogP contribution is -2.32. The van der Waals surface area contributed by atoms with Gasteiger partial charge < -0.3 is 10.4 Å². The van der Waals surface area contributed by atoms with Gasteiger partial charge in [0, 0.05) is 23.8 Å². The van der Waals surface area contributed by atoms with Gasteiger partial charge in [-0.2, -0.15) is 0 Å². The first-order valence-corrected chi connectivity index (χ1v) is 7.79. The highest BCUT2D eigenvalue weighted by Gasteiger charge is 2.18. The first kappa shape index (κ1) is 17.4. The zero-order valence-corrected chi connectivity index (χ0v) is 13.7. The van der Waals surface area contributed by atoms with Crippen LogP contribution in [0.15, 0.2) is 5.38 Å². The van der Waals surface area contributed by atoms with Gasteiger partial charge in [0.1, 0.15) is 0 Å². The van der Waals surface area contributed by atoms with Gasteiger partial charge in [0.25, 0.3) is 0 Å². The number of carbonyl (C=O) groups excluding carboxylic acids is 1. The van der Waals surface area contributed by atoms with E-state index in [1.807, 2.05) is 12.3 Å². The molecule has 0 aliphatic carbocycles. The Bertz CT molecular complexity index is 494. The van der Waals surface area contributed by atoms with E-state index in [1.165, 1.54) is 11.3 Å². The van der Waals surface area contributed by atoms with Crippen LogP contribution in [0, 0.1) is 5.92 Å². The van der Waals surface area contributed by atoms with Gasteiger partial charge >= 0.3 is 12.0 Å². The fourth-order valence-electron chi connectivity index (χ4n) is 1.56. The van der Waals surface area contributed by atoms with Crippen LogP contribution in [-0.2, 0) is 10.2 Å². The number of amides is 2. The van der Waals surface area contributed by atoms with Crippen LogP contribution in [-0.4, -0.2) is 28.6 Å². The molecule has 118 valence electrons. The van der Waals surface area contributed by atoms with Crippen LogP contribution in [0.3, 0.4) is 0 Å². The van der Waals surface area contributed by atoms with Crippen LogP contribution in [0.1, 0.15) is 46.2 Å². The Kier molecular flexibility index (Phi) is 6.14. The molecular weight excluding hydrogens is 290 g/mol. The van der Waals surface area contributed by atoms with E-state index < -0.39 is 5.97 Å². The summed E-state index contributed by atoms with van der Waals surface area (Å²) in [6.07, 6.45) is 0.660. The molecule has 3 N–H and O–H groups in total. The number of carbonyl (C=O) groups is 2. The monoisotopic (exact) mass is 313 g/mol. The Labute approximate surface area is 129 Å². The number of rotatable bonds is 6. The Hall–Kier alpha value is -1.63. The van der Waals surface area contributed by atoms with Gasteiger partial charge in [-0.15, -0.1) is 11.3 Å². The van der Waals surface area contributed by atoms with E-state index in [1.54, 1.807) is 0 Å². The maximum absolute atomic E-state index is 11.7. The summed E-state index contributed by atoms with van der Waals surface area (Å²) in [5.41, 5.74) is 0.899. The lowest BCUT2D eigenvalue weighted by Gasteiger charge is -2.14. The molecule has 6 nitrogen and oxygen atoms in total. The van der Waals surface area contributed by atoms with Gasteiger partial charge in [0.05, 0.1) is 5.69 Å². The normalized spacial score (nSPS) is 12.8. The predicted molar refractivity (Wildman–Crippen MR) is 83.9 cm³/mol. The molecule has 1 unspecified atom stereocenters. The number of urea groups is 1. The van der Waals surface area contributed by atoms with Crippen LogP contribution in [0.5, 0.6) is 0 Å². The van der Waals surface area contributed by atoms with Crippen LogP contribution in [0.25, 0.3) is 0 Å². The summed E-state index contributed by atoms with van der Waals surface area (Å²) in [4.78, 5) is 26.6. The highest BCUT2D eigenvalue weighted by atomic mass is 32.1. The summed E-state index contributed by atoms with van der Waals surface area (Å²) >= 11 is 1.39. The van der Waals surface area contributed by atoms with Crippen LogP contribution in [0.2, 0.25) is 0 Å². The Morgan fingerprint density at radius 2 is 2.10 bits per heavy atom. The number of hydrogen-bond donors (Lipinski definition) is 3. The zero-order chi connectivity index (χ0) is 16.0. The van der Waals surface area contributed by atoms with E-state index in [9.17, 15) is 9.59 Å². The van der Waals surface area contributed by atoms with E-state index in [-0.39, 0.29) is 23.8 Å². The second-order valence-electron chi connectivity index (χ2n) is 6.16. The molecule has 0 fully saturated rings. The summed E-state index contributed by atoms with van der Waals surface area (Å²) in [5, 5.41) is 16.5. The number of hydrogen-bond acceptors (Lipinski definition) is 4. The third-order valence-corrected chi connectivity index (χ3v) is 3.71. The van der Waals surface area contributed by atoms with Gasteiger partial charge in [-0.3, -0.25) is 10.1 Å². The smallest absolute Gasteiger partial charge is 0.321 e. The Morgan fingerprint density at radius 1 is 1.43 bits per heavy atom. The molecule has 0 saturated carbocycles. The molecule has 1 aromatic rings. The number of aromatic nitrogens is 1. The highest BCUT2D eigenvalue weighted by molar-refractivity contribution is 7.13. The van der Waals surface area contributed by atoms with Gasteiger partial charge in [0.15, 0.2) is 5.13 Å². The predicted octanol–water partition coefficient (Wildman–Crippen LogP) is 3.06. The molecule has 21 heavy (non-hydrogen) atoms. The summed E-state index contributed by atoms with van der Waals surface area (Å²) in [6.45, 7) is 8.54. The third kappa shape index (κ3) is 6.57. The fourth-order valence-corrected chi connectivity index (χ4v) is 2.49. The number of nitrogens with one attached hydrogen (secondary N) is 2. The van der Waals surface area contributed by atoms with Crippen molar-refractivity contribution < 1.29 is 14.7 Å². The van der Waals surface area contributed by atoms with Gasteiger partial charge in [-0.25, -0.2) is 9.78 Å². The third-order valence-electron chi connectivity index (χ3n) is 2.96. The van der Waals surface area contributed by atoms with Crippen molar-refractivity contribution in [2.45, 2.75) is 46.0 Å². The van der Waals surface area contributed by atoms with Gasteiger partial charge in [0.2, 0.25) is 0 Å². The SMILES string of the molecule is CC(CCC(=O)O)CNC(=O)Nc1nc(C(C)(C)C)cs1. The summed E-state index contributed by atoms with van der Waals surface area (Å²) in [6, 6.07) is -0.313. The van der Waals surface area contributed by atoms with E-state index in [2.05, 4.69) is 36.4 Å². The van der Waals surface area contributed by atoms with Gasteiger partial charge in [-0.05, 0) is 12.3 Å². The average molecular weight is 313 g/mol. The molecule has 1 atom stereocenters. The first-order chi connectivity index (χ1) is 9.68. The topological polar surface area (TPSA) is 91.3 Å². The van der Waals surface area contributed by atoms with E-state index in [0.717, 1.165) is 5.69 Å². The number of aliphatic carboxylic acids is 1. The number of carboxylic acids is 1. The molecule has 2 amide bonds. The second kappa shape index (κ2) is 7.40. The minimum atomic E-state index is -0.816. The molecule has 1 aromatic heterocycles. The van der Waals surface area contributed by atoms with Crippen molar-refractivity contribution >= 4 is 28.5 Å². The first-order valence-electron chi connectivity index (χ1n) is 6.91. The molecule has 1 rings (SSSR count). The Balaban J connectivity index is 2.37. The van der Waals surface area contributed by atoms with Crippen molar-refractivity contribution in [2.75, 3.05) is 11.9 Å². The summed E-state index contributed by atoms with van der Waals surface area (Å²) < 4.78 is 0. The average Bonchev–Trinajstić information content (AvgIpc) is 2.82. The molecule has 0 bridgehead atoms. The number of thiazole rings is 1. The van der Waals surface area contributed by atoms with Gasteiger partial charge in [-0.1, -0.05) is 27.7 Å². The Morgan fingerprint density at radius 3 is 2.62 bits per heavy atom. The van der Waals surface area contributed by atoms with Crippen LogP contribution < -0.4 is 10.6 Å². The molecule has 1 heterocycles. The van der Waals surface area contributed by atoms with Crippen molar-refractivity contribution in [3.05, 3.63) is 11.1 Å². The second-order valence-corrected chi connectivity index (χ2v) is 7.02.